The standard InChI is InChI=1S/C21H17N2O4P/c24-21(23-16-10-11-19-15(13-16)7-4-12-22-19)20(28(25,26)27)18-9-3-6-14-5-1-2-8-17(14)18/h1-13,20H,(H,23,24)(H2,25,26,27). The highest BCUT2D eigenvalue weighted by molar-refractivity contribution is 7.53. The van der Waals surface area contributed by atoms with Crippen molar-refractivity contribution in [2.24, 2.45) is 0 Å². The predicted octanol–water partition coefficient (Wildman–Crippen LogP) is 4.25. The highest BCUT2D eigenvalue weighted by Gasteiger charge is 2.38. The van der Waals surface area contributed by atoms with E-state index in [9.17, 15) is 19.1 Å². The molecule has 1 aromatic heterocycles. The van der Waals surface area contributed by atoms with Crippen LogP contribution < -0.4 is 5.32 Å². The SMILES string of the molecule is O=C(Nc1ccc2ncccc2c1)C(c1cccc2ccccc12)P(=O)(O)O. The van der Waals surface area contributed by atoms with Crippen LogP contribution in [0.5, 0.6) is 0 Å². The van der Waals surface area contributed by atoms with E-state index >= 15 is 0 Å². The lowest BCUT2D eigenvalue weighted by Gasteiger charge is -2.20. The van der Waals surface area contributed by atoms with E-state index in [-0.39, 0.29) is 0 Å². The Hall–Kier alpha value is -3.05. The maximum Gasteiger partial charge on any atom is 0.342 e. The lowest BCUT2D eigenvalue weighted by Crippen LogP contribution is -2.21. The minimum atomic E-state index is -4.77. The summed E-state index contributed by atoms with van der Waals surface area (Å²) >= 11 is 0. The number of carbonyl (C=O) groups is 1. The number of carbonyl (C=O) groups excluding carboxylic acids is 1. The molecule has 0 bridgehead atoms. The molecule has 0 aliphatic carbocycles. The maximum absolute atomic E-state index is 12.9. The molecule has 140 valence electrons. The minimum absolute atomic E-state index is 0.298. The number of rotatable bonds is 4. The topological polar surface area (TPSA) is 99.5 Å². The first-order valence-corrected chi connectivity index (χ1v) is 10.3. The van der Waals surface area contributed by atoms with Crippen molar-refractivity contribution in [3.63, 3.8) is 0 Å². The monoisotopic (exact) mass is 392 g/mol. The van der Waals surface area contributed by atoms with Gasteiger partial charge < -0.3 is 15.1 Å². The molecule has 1 unspecified atom stereocenters. The van der Waals surface area contributed by atoms with Gasteiger partial charge in [0.05, 0.1) is 5.52 Å². The Balaban J connectivity index is 1.75. The summed E-state index contributed by atoms with van der Waals surface area (Å²) in [6.07, 6.45) is 1.67. The van der Waals surface area contributed by atoms with Crippen LogP contribution in [0.4, 0.5) is 5.69 Å². The number of fused-ring (bicyclic) bond motifs is 2. The summed E-state index contributed by atoms with van der Waals surface area (Å²) in [6.45, 7) is 0. The highest BCUT2D eigenvalue weighted by Crippen LogP contribution is 2.53. The summed E-state index contributed by atoms with van der Waals surface area (Å²) in [4.78, 5) is 37.0. The fourth-order valence-corrected chi connectivity index (χ4v) is 4.29. The second kappa shape index (κ2) is 7.17. The Bertz CT molecular complexity index is 1230. The summed E-state index contributed by atoms with van der Waals surface area (Å²) in [5.74, 6) is -0.757. The predicted molar refractivity (Wildman–Crippen MR) is 109 cm³/mol. The van der Waals surface area contributed by atoms with Crippen LogP contribution in [-0.2, 0) is 9.36 Å². The third-order valence-electron chi connectivity index (χ3n) is 4.57. The van der Waals surface area contributed by atoms with E-state index in [1.165, 1.54) is 0 Å². The first-order chi connectivity index (χ1) is 13.4. The van der Waals surface area contributed by atoms with Crippen LogP contribution in [0.2, 0.25) is 0 Å². The summed E-state index contributed by atoms with van der Waals surface area (Å²) in [5.41, 5.74) is -0.0974. The van der Waals surface area contributed by atoms with E-state index < -0.39 is 19.2 Å². The largest absolute Gasteiger partial charge is 0.342 e. The van der Waals surface area contributed by atoms with Crippen LogP contribution in [0.3, 0.4) is 0 Å². The number of hydrogen-bond donors (Lipinski definition) is 3. The number of pyridine rings is 1. The molecule has 0 aliphatic rings. The number of benzene rings is 3. The number of nitrogens with zero attached hydrogens (tertiary/aromatic N) is 1. The molecule has 7 heteroatoms. The quantitative estimate of drug-likeness (QED) is 0.451. The van der Waals surface area contributed by atoms with E-state index in [1.807, 2.05) is 24.3 Å². The lowest BCUT2D eigenvalue weighted by atomic mass is 10.0. The van der Waals surface area contributed by atoms with Crippen LogP contribution in [-0.4, -0.2) is 20.7 Å². The highest BCUT2D eigenvalue weighted by atomic mass is 31.2. The van der Waals surface area contributed by atoms with Crippen LogP contribution >= 0.6 is 7.60 Å². The molecule has 0 aliphatic heterocycles. The van der Waals surface area contributed by atoms with E-state index in [2.05, 4.69) is 10.3 Å². The van der Waals surface area contributed by atoms with E-state index in [0.717, 1.165) is 16.3 Å². The van der Waals surface area contributed by atoms with Gasteiger partial charge in [-0.2, -0.15) is 0 Å². The maximum atomic E-state index is 12.9. The van der Waals surface area contributed by atoms with Crippen LogP contribution in [0.15, 0.2) is 79.0 Å². The van der Waals surface area contributed by atoms with Gasteiger partial charge in [-0.05, 0) is 40.6 Å². The molecule has 1 heterocycles. The van der Waals surface area contributed by atoms with E-state index in [1.54, 1.807) is 54.7 Å². The first kappa shape index (κ1) is 18.3. The Morgan fingerprint density at radius 1 is 0.929 bits per heavy atom. The van der Waals surface area contributed by atoms with Gasteiger partial charge in [0.25, 0.3) is 0 Å². The second-order valence-electron chi connectivity index (χ2n) is 6.46. The molecule has 1 atom stereocenters. The molecule has 4 aromatic rings. The zero-order valence-corrected chi connectivity index (χ0v) is 15.6. The van der Waals surface area contributed by atoms with Gasteiger partial charge in [0.15, 0.2) is 5.66 Å². The Morgan fingerprint density at radius 2 is 1.68 bits per heavy atom. The molecule has 1 amide bonds. The van der Waals surface area contributed by atoms with Gasteiger partial charge in [0, 0.05) is 17.3 Å². The molecule has 0 saturated carbocycles. The molecule has 0 fully saturated rings. The van der Waals surface area contributed by atoms with Crippen molar-refractivity contribution in [2.45, 2.75) is 5.66 Å². The molecular weight excluding hydrogens is 375 g/mol. The number of aromatic nitrogens is 1. The molecule has 4 rings (SSSR count). The van der Waals surface area contributed by atoms with E-state index in [4.69, 9.17) is 0 Å². The average Bonchev–Trinajstić information content (AvgIpc) is 2.67. The Kier molecular flexibility index (Phi) is 4.69. The van der Waals surface area contributed by atoms with Crippen LogP contribution in [0.25, 0.3) is 21.7 Å². The fourth-order valence-electron chi connectivity index (χ4n) is 3.33. The minimum Gasteiger partial charge on any atom is -0.325 e. The van der Waals surface area contributed by atoms with Crippen LogP contribution in [0, 0.1) is 0 Å². The van der Waals surface area contributed by atoms with Gasteiger partial charge in [-0.25, -0.2) is 0 Å². The summed E-state index contributed by atoms with van der Waals surface area (Å²) in [6, 6.07) is 21.1. The molecular formula is C21H17N2O4P. The number of anilines is 1. The van der Waals surface area contributed by atoms with Crippen molar-refractivity contribution >= 4 is 40.9 Å². The molecule has 0 spiro atoms. The molecule has 0 saturated heterocycles. The van der Waals surface area contributed by atoms with Crippen molar-refractivity contribution in [1.29, 1.82) is 0 Å². The number of nitrogens with one attached hydrogen (secondary N) is 1. The van der Waals surface area contributed by atoms with Gasteiger partial charge in [0.1, 0.15) is 0 Å². The number of amides is 1. The third kappa shape index (κ3) is 3.53. The summed E-state index contributed by atoms with van der Waals surface area (Å²) < 4.78 is 12.2. The lowest BCUT2D eigenvalue weighted by molar-refractivity contribution is -0.116. The second-order valence-corrected chi connectivity index (χ2v) is 8.15. The van der Waals surface area contributed by atoms with Gasteiger partial charge in [-0.15, -0.1) is 0 Å². The van der Waals surface area contributed by atoms with Gasteiger partial charge in [-0.3, -0.25) is 14.3 Å². The zero-order valence-electron chi connectivity index (χ0n) is 14.7. The smallest absolute Gasteiger partial charge is 0.325 e. The van der Waals surface area contributed by atoms with Crippen molar-refractivity contribution in [1.82, 2.24) is 4.98 Å². The Labute approximate surface area is 161 Å². The van der Waals surface area contributed by atoms with Crippen molar-refractivity contribution < 1.29 is 19.1 Å². The molecule has 28 heavy (non-hydrogen) atoms. The first-order valence-electron chi connectivity index (χ1n) is 8.62. The fraction of sp³-hybridized carbons (Fsp3) is 0.0476. The van der Waals surface area contributed by atoms with E-state index in [0.29, 0.717) is 16.6 Å². The normalized spacial score (nSPS) is 12.8. The van der Waals surface area contributed by atoms with Gasteiger partial charge in [0.2, 0.25) is 5.91 Å². The molecule has 6 nitrogen and oxygen atoms in total. The molecule has 3 N–H and O–H groups in total. The summed E-state index contributed by atoms with van der Waals surface area (Å²) in [7, 11) is -4.77. The molecule has 0 radical (unpaired) electrons. The van der Waals surface area contributed by atoms with Crippen molar-refractivity contribution in [3.05, 3.63) is 84.6 Å². The average molecular weight is 392 g/mol. The van der Waals surface area contributed by atoms with Crippen LogP contribution in [0.1, 0.15) is 11.2 Å². The van der Waals surface area contributed by atoms with Crippen molar-refractivity contribution in [2.75, 3.05) is 5.32 Å². The third-order valence-corrected chi connectivity index (χ3v) is 5.76. The van der Waals surface area contributed by atoms with Crippen molar-refractivity contribution in [3.8, 4) is 0 Å². The molecule has 3 aromatic carbocycles. The van der Waals surface area contributed by atoms with Gasteiger partial charge in [-0.1, -0.05) is 48.5 Å². The Morgan fingerprint density at radius 3 is 2.50 bits per heavy atom. The number of hydrogen-bond acceptors (Lipinski definition) is 3. The summed E-state index contributed by atoms with van der Waals surface area (Å²) in [5, 5.41) is 4.91. The van der Waals surface area contributed by atoms with Gasteiger partial charge >= 0.3 is 7.60 Å². The zero-order chi connectivity index (χ0) is 19.7.